The first-order valence-electron chi connectivity index (χ1n) is 3.00. The normalized spacial score (nSPS) is 8.25. The molecule has 12 heavy (non-hydrogen) atoms. The third kappa shape index (κ3) is 12.2. The predicted octanol–water partition coefficient (Wildman–Crippen LogP) is -3.62. The number of quaternary nitrogens is 2. The molecule has 0 amide bonds. The molecule has 0 spiro atoms. The van der Waals surface area contributed by atoms with Crippen LogP contribution in [0, 0.1) is 0 Å². The lowest BCUT2D eigenvalue weighted by molar-refractivity contribution is -0.325. The molecule has 76 valence electrons. The van der Waals surface area contributed by atoms with Gasteiger partial charge in [-0.3, -0.25) is 0 Å². The van der Waals surface area contributed by atoms with E-state index in [1.165, 1.54) is 0 Å². The van der Waals surface area contributed by atoms with Gasteiger partial charge in [-0.25, -0.2) is 4.79 Å². The van der Waals surface area contributed by atoms with Gasteiger partial charge in [0.1, 0.15) is 0 Å². The molecule has 0 unspecified atom stereocenters. The van der Waals surface area contributed by atoms with Crippen molar-refractivity contribution in [3.8, 4) is 0 Å². The van der Waals surface area contributed by atoms with E-state index in [0.717, 1.165) is 7.11 Å². The Morgan fingerprint density at radius 1 is 1.25 bits per heavy atom. The van der Waals surface area contributed by atoms with Gasteiger partial charge < -0.3 is 30.6 Å². The molecule has 0 aromatic carbocycles. The molecule has 0 aromatic heterocycles. The van der Waals surface area contributed by atoms with Crippen LogP contribution in [-0.2, 0) is 9.30 Å². The Morgan fingerprint density at radius 3 is 1.50 bits per heavy atom. The van der Waals surface area contributed by atoms with Crippen LogP contribution in [-0.4, -0.2) is 26.9 Å². The van der Waals surface area contributed by atoms with Crippen molar-refractivity contribution < 1.29 is 35.4 Å². The van der Waals surface area contributed by atoms with Crippen molar-refractivity contribution in [1.82, 2.24) is 0 Å². The van der Waals surface area contributed by atoms with Crippen LogP contribution in [0.2, 0.25) is 0 Å². The maximum absolute atomic E-state index is 9.72. The quantitative estimate of drug-likeness (QED) is 0.421. The fourth-order valence-electron chi connectivity index (χ4n) is 0.112. The molecule has 0 fully saturated rings. The maximum atomic E-state index is 9.72. The Morgan fingerprint density at radius 2 is 1.50 bits per heavy atom. The molecular weight excluding hydrogens is 187 g/mol. The molecule has 8 heteroatoms. The summed E-state index contributed by atoms with van der Waals surface area (Å²) >= 11 is 0. The van der Waals surface area contributed by atoms with Crippen LogP contribution in [0.4, 0.5) is 4.79 Å². The minimum atomic E-state index is -5.12. The smallest absolute Gasteiger partial charge is 0.334 e. The number of ether oxygens (including phenoxy) is 1. The molecule has 0 aliphatic heterocycles. The van der Waals surface area contributed by atoms with Crippen molar-refractivity contribution in [3.05, 3.63) is 0 Å². The van der Waals surface area contributed by atoms with Gasteiger partial charge in [0, 0.05) is 7.60 Å². The summed E-state index contributed by atoms with van der Waals surface area (Å²) in [4.78, 5) is 28.8. The van der Waals surface area contributed by atoms with Gasteiger partial charge in [0.15, 0.2) is 0 Å². The predicted molar refractivity (Wildman–Crippen MR) is 37.6 cm³/mol. The zero-order valence-corrected chi connectivity index (χ0v) is 8.30. The molecule has 0 atom stereocenters. The number of hydrogen-bond acceptors (Lipinski definition) is 5. The first-order valence-corrected chi connectivity index (χ1v) is 4.54. The molecule has 0 heterocycles. The first-order chi connectivity index (χ1) is 5.48. The first kappa shape index (κ1) is 17.6. The van der Waals surface area contributed by atoms with E-state index in [4.69, 9.17) is 0 Å². The topological polar surface area (TPSA) is 145 Å². The van der Waals surface area contributed by atoms with E-state index < -0.39 is 13.3 Å². The third-order valence-electron chi connectivity index (χ3n) is 0.398. The highest BCUT2D eigenvalue weighted by Crippen LogP contribution is 2.24. The minimum Gasteiger partial charge on any atom is -0.803 e. The van der Waals surface area contributed by atoms with Gasteiger partial charge in [0.05, 0.1) is 21.2 Å². The lowest BCUT2D eigenvalue weighted by Crippen LogP contribution is -2.40. The zero-order valence-electron chi connectivity index (χ0n) is 7.40. The van der Waals surface area contributed by atoms with Gasteiger partial charge >= 0.3 is 5.71 Å². The SMILES string of the molecule is COC(=O)P(=O)([O-])[O-].C[NH3+].C[NH3+]. The average Bonchev–Trinajstić information content (AvgIpc) is 2.08. The summed E-state index contributed by atoms with van der Waals surface area (Å²) in [5.41, 5.74) is 4.78. The summed E-state index contributed by atoms with van der Waals surface area (Å²) in [5.74, 6) is 0. The van der Waals surface area contributed by atoms with E-state index in [1.54, 1.807) is 14.1 Å². The van der Waals surface area contributed by atoms with Gasteiger partial charge in [-0.15, -0.1) is 0 Å². The van der Waals surface area contributed by atoms with Crippen molar-refractivity contribution >= 4 is 13.3 Å². The molecule has 0 aliphatic carbocycles. The molecular formula is C4H15N2O5P. The summed E-state index contributed by atoms with van der Waals surface area (Å²) in [6.07, 6.45) is 0. The molecule has 6 N–H and O–H groups in total. The lowest BCUT2D eigenvalue weighted by atomic mass is 11.5. The summed E-state index contributed by atoms with van der Waals surface area (Å²) < 4.78 is 13.1. The lowest BCUT2D eigenvalue weighted by Gasteiger charge is -2.24. The highest BCUT2D eigenvalue weighted by molar-refractivity contribution is 7.66. The number of carbonyl (C=O) groups is 1. The largest absolute Gasteiger partial charge is 0.803 e. The van der Waals surface area contributed by atoms with Crippen LogP contribution < -0.4 is 21.3 Å². The molecule has 7 nitrogen and oxygen atoms in total. The second-order valence-corrected chi connectivity index (χ2v) is 2.33. The molecule has 0 saturated carbocycles. The van der Waals surface area contributed by atoms with E-state index >= 15 is 0 Å². The van der Waals surface area contributed by atoms with Crippen molar-refractivity contribution in [2.45, 2.75) is 0 Å². The van der Waals surface area contributed by atoms with Crippen LogP contribution in [0.25, 0.3) is 0 Å². The van der Waals surface area contributed by atoms with Crippen molar-refractivity contribution in [1.29, 1.82) is 0 Å². The second-order valence-electron chi connectivity index (χ2n) is 0.967. The van der Waals surface area contributed by atoms with E-state index in [9.17, 15) is 19.1 Å². The maximum Gasteiger partial charge on any atom is 0.334 e. The Balaban J connectivity index is -0.000000175. The molecule has 0 aliphatic rings. The Kier molecular flexibility index (Phi) is 15.4. The Bertz CT molecular complexity index is 144. The summed E-state index contributed by atoms with van der Waals surface area (Å²) in [6.45, 7) is 0. The van der Waals surface area contributed by atoms with Crippen LogP contribution in [0.15, 0.2) is 0 Å². The van der Waals surface area contributed by atoms with Crippen molar-refractivity contribution in [2.24, 2.45) is 0 Å². The summed E-state index contributed by atoms with van der Waals surface area (Å²) in [6, 6.07) is 0. The van der Waals surface area contributed by atoms with Crippen molar-refractivity contribution in [3.63, 3.8) is 0 Å². The highest BCUT2D eigenvalue weighted by atomic mass is 31.2. The number of hydrogen-bond donors (Lipinski definition) is 2. The highest BCUT2D eigenvalue weighted by Gasteiger charge is 2.02. The van der Waals surface area contributed by atoms with Gasteiger partial charge in [0.2, 0.25) is 0 Å². The third-order valence-corrected chi connectivity index (χ3v) is 1.03. The molecule has 0 saturated heterocycles. The number of carbonyl (C=O) groups excluding carboxylic acids is 1. The standard InChI is InChI=1S/C2H5O5P.2CH5N/c1-7-2(3)8(4,5)6;2*1-2/h1H3,(H2,4,5,6);2*2H2,1H3. The number of rotatable bonds is 1. The minimum absolute atomic E-state index is 0.824. The van der Waals surface area contributed by atoms with E-state index in [2.05, 4.69) is 16.2 Å². The van der Waals surface area contributed by atoms with Crippen LogP contribution in [0.3, 0.4) is 0 Å². The van der Waals surface area contributed by atoms with Crippen LogP contribution in [0.5, 0.6) is 0 Å². The molecule has 0 rings (SSSR count). The van der Waals surface area contributed by atoms with E-state index in [-0.39, 0.29) is 0 Å². The fraction of sp³-hybridized carbons (Fsp3) is 0.750. The molecule has 0 bridgehead atoms. The van der Waals surface area contributed by atoms with Gasteiger partial charge in [-0.05, 0) is 0 Å². The fourth-order valence-corrected chi connectivity index (χ4v) is 0.335. The van der Waals surface area contributed by atoms with Gasteiger partial charge in [-0.2, -0.15) is 0 Å². The summed E-state index contributed by atoms with van der Waals surface area (Å²) in [7, 11) is -0.794. The van der Waals surface area contributed by atoms with E-state index in [0.29, 0.717) is 0 Å². The molecule has 0 radical (unpaired) electrons. The van der Waals surface area contributed by atoms with Gasteiger partial charge in [-0.1, -0.05) is 0 Å². The Hall–Kier alpha value is -0.460. The van der Waals surface area contributed by atoms with Crippen molar-refractivity contribution in [2.75, 3.05) is 21.2 Å². The summed E-state index contributed by atoms with van der Waals surface area (Å²) in [5, 5.41) is 0. The zero-order chi connectivity index (χ0) is 10.8. The second kappa shape index (κ2) is 10.5. The van der Waals surface area contributed by atoms with E-state index in [1.807, 2.05) is 0 Å². The monoisotopic (exact) mass is 202 g/mol. The Labute approximate surface area is 70.9 Å². The average molecular weight is 202 g/mol. The van der Waals surface area contributed by atoms with Crippen LogP contribution in [0.1, 0.15) is 0 Å². The van der Waals surface area contributed by atoms with Crippen LogP contribution >= 0.6 is 7.60 Å². The molecule has 0 aromatic rings. The van der Waals surface area contributed by atoms with Gasteiger partial charge in [0.25, 0.3) is 0 Å². The number of methoxy groups -OCH3 is 1.